The second kappa shape index (κ2) is 11.5. The van der Waals surface area contributed by atoms with Crippen LogP contribution in [0.25, 0.3) is 11.1 Å². The number of likely N-dealkylation sites (N-methyl/N-ethyl adjacent to an activating group) is 1. The zero-order valence-electron chi connectivity index (χ0n) is 21.6. The summed E-state index contributed by atoms with van der Waals surface area (Å²) in [5, 5.41) is 13.4. The van der Waals surface area contributed by atoms with E-state index < -0.39 is 11.9 Å². The molecule has 4 rings (SSSR count). The number of aromatic nitrogens is 2. The van der Waals surface area contributed by atoms with E-state index in [1.807, 2.05) is 6.08 Å². The molecule has 0 saturated carbocycles. The zero-order chi connectivity index (χ0) is 27.4. The summed E-state index contributed by atoms with van der Waals surface area (Å²) in [7, 11) is 0. The van der Waals surface area contributed by atoms with E-state index in [1.54, 1.807) is 48.2 Å². The fraction of sp³-hybridized carbons (Fsp3) is 0.393. The molecule has 0 unspecified atom stereocenters. The van der Waals surface area contributed by atoms with E-state index in [0.717, 1.165) is 23.5 Å². The van der Waals surface area contributed by atoms with Crippen molar-refractivity contribution < 1.29 is 18.0 Å². The number of aryl methyl sites for hydroxylation is 1. The fourth-order valence-corrected chi connectivity index (χ4v) is 5.87. The molecule has 3 heterocycles. The van der Waals surface area contributed by atoms with Gasteiger partial charge in [0, 0.05) is 48.3 Å². The third-order valence-corrected chi connectivity index (χ3v) is 7.92. The van der Waals surface area contributed by atoms with Gasteiger partial charge in [0.1, 0.15) is 10.9 Å². The number of nitrogens with zero attached hydrogens (tertiary/aromatic N) is 5. The predicted octanol–water partition coefficient (Wildman–Crippen LogP) is 5.89. The van der Waals surface area contributed by atoms with Crippen molar-refractivity contribution in [1.82, 2.24) is 19.6 Å². The van der Waals surface area contributed by atoms with Crippen LogP contribution < -0.4 is 0 Å². The van der Waals surface area contributed by atoms with Crippen molar-refractivity contribution in [1.29, 1.82) is 5.26 Å². The highest BCUT2D eigenvalue weighted by atomic mass is 32.1. The highest BCUT2D eigenvalue weighted by molar-refractivity contribution is 7.12. The average Bonchev–Trinajstić information content (AvgIpc) is 3.55. The summed E-state index contributed by atoms with van der Waals surface area (Å²) >= 11 is 1.32. The van der Waals surface area contributed by atoms with Crippen molar-refractivity contribution in [3.8, 4) is 17.2 Å². The number of thiophene rings is 1. The predicted molar refractivity (Wildman–Crippen MR) is 142 cm³/mol. The van der Waals surface area contributed by atoms with Crippen LogP contribution in [-0.2, 0) is 24.1 Å². The molecule has 0 N–H and O–H groups in total. The molecular formula is C28H30F3N5OS. The van der Waals surface area contributed by atoms with Crippen LogP contribution in [0.1, 0.15) is 53.3 Å². The number of alkyl halides is 3. The van der Waals surface area contributed by atoms with Gasteiger partial charge in [0.25, 0.3) is 0 Å². The lowest BCUT2D eigenvalue weighted by Gasteiger charge is -2.33. The maximum Gasteiger partial charge on any atom is 0.435 e. The first-order chi connectivity index (χ1) is 18.2. The first kappa shape index (κ1) is 27.6. The Bertz CT molecular complexity index is 1360. The summed E-state index contributed by atoms with van der Waals surface area (Å²) in [6.45, 7) is 9.22. The highest BCUT2D eigenvalue weighted by Crippen LogP contribution is 2.44. The lowest BCUT2D eigenvalue weighted by Crippen LogP contribution is -2.37. The van der Waals surface area contributed by atoms with Gasteiger partial charge < -0.3 is 9.80 Å². The van der Waals surface area contributed by atoms with Crippen LogP contribution in [0.5, 0.6) is 0 Å². The number of rotatable bonds is 8. The molecule has 0 bridgehead atoms. The standard InChI is InChI=1S/C28H30F3N5OS/c1-4-34(5-2)13-9-12-26(37)35-16-23(22-14-19(15-32)38-25(22)18-35)20-10-7-8-11-21(20)24-17-36(6-3)33-27(24)28(29,30)31/h7-12,14,17,23H,4-6,13,16,18H2,1-3H3/b12-9+/t23-/m0/s1. The number of amides is 1. The van der Waals surface area contributed by atoms with Crippen molar-refractivity contribution in [2.24, 2.45) is 0 Å². The lowest BCUT2D eigenvalue weighted by atomic mass is 9.83. The van der Waals surface area contributed by atoms with Gasteiger partial charge in [0.05, 0.1) is 6.54 Å². The molecule has 10 heteroatoms. The molecule has 0 spiro atoms. The normalized spacial score (nSPS) is 15.7. The zero-order valence-corrected chi connectivity index (χ0v) is 22.4. The molecule has 1 aliphatic rings. The third-order valence-electron chi connectivity index (χ3n) is 6.88. The van der Waals surface area contributed by atoms with E-state index in [1.165, 1.54) is 22.2 Å². The van der Waals surface area contributed by atoms with E-state index in [2.05, 4.69) is 29.9 Å². The van der Waals surface area contributed by atoms with Gasteiger partial charge in [-0.1, -0.05) is 44.2 Å². The number of nitriles is 1. The Morgan fingerprint density at radius 2 is 1.95 bits per heavy atom. The summed E-state index contributed by atoms with van der Waals surface area (Å²) in [5.41, 5.74) is 1.05. The highest BCUT2D eigenvalue weighted by Gasteiger charge is 2.39. The van der Waals surface area contributed by atoms with Gasteiger partial charge in [0.15, 0.2) is 5.69 Å². The summed E-state index contributed by atoms with van der Waals surface area (Å²) in [5.74, 6) is -0.550. The van der Waals surface area contributed by atoms with Gasteiger partial charge in [-0.3, -0.25) is 9.48 Å². The Hall–Kier alpha value is -3.42. The van der Waals surface area contributed by atoms with Crippen LogP contribution >= 0.6 is 11.3 Å². The van der Waals surface area contributed by atoms with Crippen LogP contribution in [0, 0.1) is 11.3 Å². The van der Waals surface area contributed by atoms with Gasteiger partial charge in [0.2, 0.25) is 5.91 Å². The molecule has 38 heavy (non-hydrogen) atoms. The fourth-order valence-electron chi connectivity index (χ4n) is 4.83. The number of benzene rings is 1. The van der Waals surface area contributed by atoms with Gasteiger partial charge in [-0.25, -0.2) is 0 Å². The molecule has 0 radical (unpaired) electrons. The Balaban J connectivity index is 1.76. The summed E-state index contributed by atoms with van der Waals surface area (Å²) in [6, 6.07) is 11.0. The second-order valence-corrected chi connectivity index (χ2v) is 10.2. The first-order valence-corrected chi connectivity index (χ1v) is 13.5. The number of hydrogen-bond acceptors (Lipinski definition) is 5. The van der Waals surface area contributed by atoms with Crippen molar-refractivity contribution in [3.05, 3.63) is 75.3 Å². The summed E-state index contributed by atoms with van der Waals surface area (Å²) in [6.07, 6.45) is 0.225. The quantitative estimate of drug-likeness (QED) is 0.334. The van der Waals surface area contributed by atoms with Gasteiger partial charge in [-0.15, -0.1) is 11.3 Å². The van der Waals surface area contributed by atoms with E-state index in [-0.39, 0.29) is 17.4 Å². The molecule has 3 aromatic rings. The molecule has 1 aromatic carbocycles. The number of halogens is 3. The molecule has 200 valence electrons. The number of hydrogen-bond donors (Lipinski definition) is 0. The summed E-state index contributed by atoms with van der Waals surface area (Å²) in [4.78, 5) is 18.5. The minimum Gasteiger partial charge on any atom is -0.333 e. The molecule has 1 aliphatic heterocycles. The van der Waals surface area contributed by atoms with Crippen LogP contribution in [0.4, 0.5) is 13.2 Å². The SMILES string of the molecule is CCN(CC)C/C=C/C(=O)N1Cc2sc(C#N)cc2[C@H](c2ccccc2-c2cn(CC)nc2C(F)(F)F)C1. The molecule has 1 atom stereocenters. The largest absolute Gasteiger partial charge is 0.435 e. The van der Waals surface area contributed by atoms with E-state index in [0.29, 0.717) is 42.2 Å². The minimum absolute atomic E-state index is 0.00908. The monoisotopic (exact) mass is 541 g/mol. The van der Waals surface area contributed by atoms with E-state index >= 15 is 0 Å². The van der Waals surface area contributed by atoms with Gasteiger partial charge >= 0.3 is 6.18 Å². The average molecular weight is 542 g/mol. The van der Waals surface area contributed by atoms with Crippen LogP contribution in [-0.4, -0.2) is 51.7 Å². The molecule has 6 nitrogen and oxygen atoms in total. The second-order valence-electron chi connectivity index (χ2n) is 9.09. The maximum atomic E-state index is 14.0. The van der Waals surface area contributed by atoms with Crippen molar-refractivity contribution in [3.63, 3.8) is 0 Å². The molecule has 0 aliphatic carbocycles. The number of fused-ring (bicyclic) bond motifs is 1. The number of carbonyl (C=O) groups is 1. The van der Waals surface area contributed by atoms with Crippen molar-refractivity contribution in [2.45, 2.75) is 46.0 Å². The number of carbonyl (C=O) groups excluding carboxylic acids is 1. The third kappa shape index (κ3) is 5.69. The minimum atomic E-state index is -4.62. The van der Waals surface area contributed by atoms with Crippen LogP contribution in [0.2, 0.25) is 0 Å². The molecule has 2 aromatic heterocycles. The van der Waals surface area contributed by atoms with Crippen LogP contribution in [0.3, 0.4) is 0 Å². The Morgan fingerprint density at radius 1 is 1.21 bits per heavy atom. The van der Waals surface area contributed by atoms with Crippen molar-refractivity contribution >= 4 is 17.2 Å². The van der Waals surface area contributed by atoms with E-state index in [4.69, 9.17) is 0 Å². The van der Waals surface area contributed by atoms with Crippen LogP contribution in [0.15, 0.2) is 48.7 Å². The van der Waals surface area contributed by atoms with E-state index in [9.17, 15) is 23.2 Å². The topological polar surface area (TPSA) is 65.2 Å². The maximum absolute atomic E-state index is 14.0. The molecule has 1 amide bonds. The lowest BCUT2D eigenvalue weighted by molar-refractivity contribution is -0.141. The Morgan fingerprint density at radius 3 is 2.61 bits per heavy atom. The first-order valence-electron chi connectivity index (χ1n) is 12.6. The Kier molecular flexibility index (Phi) is 8.38. The van der Waals surface area contributed by atoms with Gasteiger partial charge in [-0.05, 0) is 42.8 Å². The Labute approximate surface area is 224 Å². The molecule has 0 saturated heterocycles. The molecular weight excluding hydrogens is 511 g/mol. The summed E-state index contributed by atoms with van der Waals surface area (Å²) < 4.78 is 43.2. The molecule has 0 fully saturated rings. The van der Waals surface area contributed by atoms with Crippen molar-refractivity contribution in [2.75, 3.05) is 26.2 Å². The smallest absolute Gasteiger partial charge is 0.333 e. The van der Waals surface area contributed by atoms with Gasteiger partial charge in [-0.2, -0.15) is 23.5 Å².